The molecule has 1 aliphatic carbocycles. The van der Waals surface area contributed by atoms with Crippen LogP contribution in [-0.4, -0.2) is 67.0 Å². The molecule has 30 heavy (non-hydrogen) atoms. The van der Waals surface area contributed by atoms with Gasteiger partial charge in [-0.2, -0.15) is 0 Å². The van der Waals surface area contributed by atoms with Crippen molar-refractivity contribution in [1.29, 1.82) is 0 Å². The predicted octanol–water partition coefficient (Wildman–Crippen LogP) is 2.36. The SMILES string of the molecule is CC(C)NC(=O)CN1CCN(C(=O)COc2ccc3oc4c(c3c2)CCCC4)CC1. The van der Waals surface area contributed by atoms with E-state index in [2.05, 4.69) is 10.2 Å². The van der Waals surface area contributed by atoms with Crippen molar-refractivity contribution < 1.29 is 18.7 Å². The number of rotatable bonds is 6. The van der Waals surface area contributed by atoms with E-state index in [1.54, 1.807) is 0 Å². The molecule has 0 saturated carbocycles. The molecule has 1 saturated heterocycles. The highest BCUT2D eigenvalue weighted by atomic mass is 16.5. The van der Waals surface area contributed by atoms with Gasteiger partial charge in [0, 0.05) is 49.6 Å². The van der Waals surface area contributed by atoms with Crippen molar-refractivity contribution in [3.63, 3.8) is 0 Å². The van der Waals surface area contributed by atoms with Crippen LogP contribution < -0.4 is 10.1 Å². The molecule has 2 aliphatic rings. The average molecular weight is 414 g/mol. The zero-order chi connectivity index (χ0) is 21.1. The number of hydrogen-bond acceptors (Lipinski definition) is 5. The van der Waals surface area contributed by atoms with Crippen LogP contribution in [0.4, 0.5) is 0 Å². The van der Waals surface area contributed by atoms with Crippen LogP contribution in [0.25, 0.3) is 11.0 Å². The fourth-order valence-electron chi connectivity index (χ4n) is 4.29. The van der Waals surface area contributed by atoms with Crippen LogP contribution in [0, 0.1) is 0 Å². The summed E-state index contributed by atoms with van der Waals surface area (Å²) in [6.07, 6.45) is 4.42. The Bertz CT molecular complexity index is 913. The Labute approximate surface area is 177 Å². The molecule has 2 heterocycles. The van der Waals surface area contributed by atoms with Gasteiger partial charge in [0.15, 0.2) is 6.61 Å². The van der Waals surface area contributed by atoms with Crippen LogP contribution in [0.5, 0.6) is 5.75 Å². The van der Waals surface area contributed by atoms with Gasteiger partial charge < -0.3 is 19.4 Å². The van der Waals surface area contributed by atoms with Gasteiger partial charge in [0.2, 0.25) is 5.91 Å². The number of hydrogen-bond donors (Lipinski definition) is 1. The van der Waals surface area contributed by atoms with Crippen LogP contribution in [0.1, 0.15) is 38.0 Å². The zero-order valence-corrected chi connectivity index (χ0v) is 17.9. The lowest BCUT2D eigenvalue weighted by Crippen LogP contribution is -2.52. The van der Waals surface area contributed by atoms with Crippen LogP contribution in [0.2, 0.25) is 0 Å². The Morgan fingerprint density at radius 2 is 1.90 bits per heavy atom. The number of benzene rings is 1. The number of nitrogens with one attached hydrogen (secondary N) is 1. The number of carbonyl (C=O) groups excluding carboxylic acids is 2. The van der Waals surface area contributed by atoms with E-state index in [4.69, 9.17) is 9.15 Å². The first-order valence-corrected chi connectivity index (χ1v) is 11.0. The first kappa shape index (κ1) is 20.7. The molecule has 0 bridgehead atoms. The second-order valence-electron chi connectivity index (χ2n) is 8.54. The first-order valence-electron chi connectivity index (χ1n) is 11.0. The second kappa shape index (κ2) is 9.08. The Balaban J connectivity index is 1.27. The van der Waals surface area contributed by atoms with E-state index in [0.717, 1.165) is 29.6 Å². The molecule has 1 aromatic carbocycles. The van der Waals surface area contributed by atoms with Crippen LogP contribution in [0.15, 0.2) is 22.6 Å². The average Bonchev–Trinajstić information content (AvgIpc) is 3.10. The molecule has 162 valence electrons. The number of furan rings is 1. The molecule has 1 fully saturated rings. The predicted molar refractivity (Wildman–Crippen MR) is 115 cm³/mol. The Morgan fingerprint density at radius 3 is 2.67 bits per heavy atom. The van der Waals surface area contributed by atoms with E-state index in [9.17, 15) is 9.59 Å². The number of aryl methyl sites for hydroxylation is 2. The number of piperazine rings is 1. The summed E-state index contributed by atoms with van der Waals surface area (Å²) in [4.78, 5) is 28.4. The third-order valence-electron chi connectivity index (χ3n) is 5.83. The maximum absolute atomic E-state index is 12.6. The number of carbonyl (C=O) groups is 2. The third-order valence-corrected chi connectivity index (χ3v) is 5.83. The maximum atomic E-state index is 12.6. The molecule has 2 aromatic rings. The monoisotopic (exact) mass is 413 g/mol. The summed E-state index contributed by atoms with van der Waals surface area (Å²) >= 11 is 0. The van der Waals surface area contributed by atoms with Crippen molar-refractivity contribution in [3.05, 3.63) is 29.5 Å². The van der Waals surface area contributed by atoms with Gasteiger partial charge in [0.05, 0.1) is 6.54 Å². The van der Waals surface area contributed by atoms with E-state index < -0.39 is 0 Å². The quantitative estimate of drug-likeness (QED) is 0.787. The summed E-state index contributed by atoms with van der Waals surface area (Å²) in [5.41, 5.74) is 2.20. The highest BCUT2D eigenvalue weighted by Gasteiger charge is 2.23. The van der Waals surface area contributed by atoms with Gasteiger partial charge in [0.25, 0.3) is 5.91 Å². The van der Waals surface area contributed by atoms with Gasteiger partial charge in [-0.1, -0.05) is 0 Å². The molecule has 0 spiro atoms. The first-order chi connectivity index (χ1) is 14.5. The molecule has 0 unspecified atom stereocenters. The summed E-state index contributed by atoms with van der Waals surface area (Å²) < 4.78 is 11.8. The molecule has 1 aliphatic heterocycles. The van der Waals surface area contributed by atoms with E-state index >= 15 is 0 Å². The molecule has 4 rings (SSSR count). The lowest BCUT2D eigenvalue weighted by atomic mass is 9.96. The molecule has 2 amide bonds. The van der Waals surface area contributed by atoms with Gasteiger partial charge in [-0.3, -0.25) is 14.5 Å². The zero-order valence-electron chi connectivity index (χ0n) is 17.9. The van der Waals surface area contributed by atoms with E-state index in [0.29, 0.717) is 38.5 Å². The molecule has 7 nitrogen and oxygen atoms in total. The molecule has 1 N–H and O–H groups in total. The summed E-state index contributed by atoms with van der Waals surface area (Å²) in [6.45, 7) is 6.94. The number of nitrogens with zero attached hydrogens (tertiary/aromatic N) is 2. The van der Waals surface area contributed by atoms with Crippen LogP contribution >= 0.6 is 0 Å². The number of fused-ring (bicyclic) bond motifs is 3. The van der Waals surface area contributed by atoms with Gasteiger partial charge in [-0.05, 0) is 51.3 Å². The van der Waals surface area contributed by atoms with Crippen molar-refractivity contribution in [1.82, 2.24) is 15.1 Å². The molecule has 7 heteroatoms. The van der Waals surface area contributed by atoms with Crippen molar-refractivity contribution in [2.45, 2.75) is 45.6 Å². The summed E-state index contributed by atoms with van der Waals surface area (Å²) in [7, 11) is 0. The van der Waals surface area contributed by atoms with Gasteiger partial charge in [-0.15, -0.1) is 0 Å². The molecule has 1 aromatic heterocycles. The van der Waals surface area contributed by atoms with Crippen LogP contribution in [-0.2, 0) is 22.4 Å². The maximum Gasteiger partial charge on any atom is 0.260 e. The van der Waals surface area contributed by atoms with Gasteiger partial charge in [-0.25, -0.2) is 0 Å². The Hall–Kier alpha value is -2.54. The van der Waals surface area contributed by atoms with Crippen molar-refractivity contribution in [2.24, 2.45) is 0 Å². The Kier molecular flexibility index (Phi) is 6.27. The normalized spacial score (nSPS) is 17.2. The largest absolute Gasteiger partial charge is 0.484 e. The van der Waals surface area contributed by atoms with E-state index in [1.165, 1.54) is 18.4 Å². The highest BCUT2D eigenvalue weighted by molar-refractivity contribution is 5.84. The van der Waals surface area contributed by atoms with Crippen molar-refractivity contribution in [2.75, 3.05) is 39.3 Å². The van der Waals surface area contributed by atoms with Gasteiger partial charge in [0.1, 0.15) is 17.1 Å². The minimum absolute atomic E-state index is 0.0180. The third kappa shape index (κ3) is 4.78. The highest BCUT2D eigenvalue weighted by Crippen LogP contribution is 2.33. The standard InChI is InChI=1S/C23H31N3O4/c1-16(2)24-22(27)14-25-9-11-26(12-10-25)23(28)15-29-17-7-8-21-19(13-17)18-5-3-4-6-20(18)30-21/h7-8,13,16H,3-6,9-12,14-15H2,1-2H3,(H,24,27). The number of ether oxygens (including phenoxy) is 1. The van der Waals surface area contributed by atoms with E-state index in [-0.39, 0.29) is 24.5 Å². The van der Waals surface area contributed by atoms with E-state index in [1.807, 2.05) is 36.9 Å². The smallest absolute Gasteiger partial charge is 0.260 e. The van der Waals surface area contributed by atoms with Crippen molar-refractivity contribution >= 4 is 22.8 Å². The Morgan fingerprint density at radius 1 is 1.13 bits per heavy atom. The topological polar surface area (TPSA) is 75.0 Å². The number of amides is 2. The molecule has 0 atom stereocenters. The second-order valence-corrected chi connectivity index (χ2v) is 8.54. The summed E-state index contributed by atoms with van der Waals surface area (Å²) in [6, 6.07) is 5.95. The fraction of sp³-hybridized carbons (Fsp3) is 0.565. The lowest BCUT2D eigenvalue weighted by Gasteiger charge is -2.34. The lowest BCUT2D eigenvalue weighted by molar-refractivity contribution is -0.135. The van der Waals surface area contributed by atoms with Gasteiger partial charge >= 0.3 is 0 Å². The minimum Gasteiger partial charge on any atom is -0.484 e. The summed E-state index contributed by atoms with van der Waals surface area (Å²) in [5.74, 6) is 1.82. The minimum atomic E-state index is -0.0180. The fourth-order valence-corrected chi connectivity index (χ4v) is 4.29. The molecular formula is C23H31N3O4. The molecular weight excluding hydrogens is 382 g/mol. The van der Waals surface area contributed by atoms with Crippen molar-refractivity contribution in [3.8, 4) is 5.75 Å². The van der Waals surface area contributed by atoms with Crippen LogP contribution in [0.3, 0.4) is 0 Å². The molecule has 0 radical (unpaired) electrons. The summed E-state index contributed by atoms with van der Waals surface area (Å²) in [5, 5.41) is 4.02.